The van der Waals surface area contributed by atoms with Crippen molar-refractivity contribution in [2.45, 2.75) is 39.3 Å². The molecule has 0 aromatic heterocycles. The molecule has 0 bridgehead atoms. The standard InChI is InChI=1S/C19H27N3O4/c1-13(2)8-9-20-19(25)21-17(23)12-22-11-15-7-5-4-6-14(15)10-16(22)18(24)26-3/h4-7,13,16H,8-12H2,1-3H3,(H2,20,21,23,25)/t16-/m1/s1. The maximum atomic E-state index is 12.2. The average molecular weight is 361 g/mol. The summed E-state index contributed by atoms with van der Waals surface area (Å²) in [7, 11) is 1.34. The second kappa shape index (κ2) is 9.33. The van der Waals surface area contributed by atoms with Crippen molar-refractivity contribution in [1.29, 1.82) is 0 Å². The molecular weight excluding hydrogens is 334 g/mol. The summed E-state index contributed by atoms with van der Waals surface area (Å²) in [6.45, 7) is 5.04. The molecule has 1 aliphatic heterocycles. The van der Waals surface area contributed by atoms with Gasteiger partial charge in [0, 0.05) is 13.1 Å². The quantitative estimate of drug-likeness (QED) is 0.749. The van der Waals surface area contributed by atoms with Gasteiger partial charge >= 0.3 is 12.0 Å². The molecule has 142 valence electrons. The summed E-state index contributed by atoms with van der Waals surface area (Å²) in [5, 5.41) is 4.98. The number of nitrogens with one attached hydrogen (secondary N) is 2. The number of fused-ring (bicyclic) bond motifs is 1. The number of esters is 1. The van der Waals surface area contributed by atoms with Gasteiger partial charge in [0.25, 0.3) is 0 Å². The zero-order valence-corrected chi connectivity index (χ0v) is 15.6. The van der Waals surface area contributed by atoms with Gasteiger partial charge in [0.2, 0.25) is 5.91 Å². The third-order valence-electron chi connectivity index (χ3n) is 4.43. The normalized spacial score (nSPS) is 16.7. The number of amides is 3. The number of ether oxygens (including phenoxy) is 1. The van der Waals surface area contributed by atoms with E-state index in [2.05, 4.69) is 24.5 Å². The Morgan fingerprint density at radius 3 is 2.58 bits per heavy atom. The van der Waals surface area contributed by atoms with Crippen LogP contribution in [0.2, 0.25) is 0 Å². The molecule has 0 saturated carbocycles. The third-order valence-corrected chi connectivity index (χ3v) is 4.43. The number of benzene rings is 1. The van der Waals surface area contributed by atoms with E-state index in [1.54, 1.807) is 4.90 Å². The predicted octanol–water partition coefficient (Wildman–Crippen LogP) is 1.46. The van der Waals surface area contributed by atoms with Crippen LogP contribution in [0.25, 0.3) is 0 Å². The highest BCUT2D eigenvalue weighted by atomic mass is 16.5. The molecule has 1 aliphatic rings. The van der Waals surface area contributed by atoms with Crippen LogP contribution in [0.4, 0.5) is 4.79 Å². The first-order chi connectivity index (χ1) is 12.4. The van der Waals surface area contributed by atoms with Crippen molar-refractivity contribution >= 4 is 17.9 Å². The van der Waals surface area contributed by atoms with E-state index in [0.717, 1.165) is 17.5 Å². The zero-order chi connectivity index (χ0) is 19.1. The molecule has 2 rings (SSSR count). The topological polar surface area (TPSA) is 87.7 Å². The second-order valence-electron chi connectivity index (χ2n) is 6.90. The highest BCUT2D eigenvalue weighted by molar-refractivity contribution is 5.95. The minimum Gasteiger partial charge on any atom is -0.468 e. The molecule has 1 atom stereocenters. The van der Waals surface area contributed by atoms with E-state index >= 15 is 0 Å². The van der Waals surface area contributed by atoms with Crippen LogP contribution in [0, 0.1) is 5.92 Å². The van der Waals surface area contributed by atoms with Crippen LogP contribution in [0.1, 0.15) is 31.4 Å². The fourth-order valence-corrected chi connectivity index (χ4v) is 2.98. The first kappa shape index (κ1) is 19.9. The SMILES string of the molecule is COC(=O)[C@H]1Cc2ccccc2CN1CC(=O)NC(=O)NCCC(C)C. The lowest BCUT2D eigenvalue weighted by atomic mass is 9.94. The molecule has 1 aromatic rings. The number of imide groups is 1. The van der Waals surface area contributed by atoms with Crippen LogP contribution < -0.4 is 10.6 Å². The van der Waals surface area contributed by atoms with Gasteiger partial charge in [0.1, 0.15) is 6.04 Å². The lowest BCUT2D eigenvalue weighted by Crippen LogP contribution is -2.51. The molecular formula is C19H27N3O4. The second-order valence-corrected chi connectivity index (χ2v) is 6.90. The monoisotopic (exact) mass is 361 g/mol. The molecule has 7 heteroatoms. The van der Waals surface area contributed by atoms with Gasteiger partial charge in [-0.25, -0.2) is 4.79 Å². The van der Waals surface area contributed by atoms with E-state index in [4.69, 9.17) is 4.74 Å². The highest BCUT2D eigenvalue weighted by Crippen LogP contribution is 2.23. The minimum atomic E-state index is -0.537. The van der Waals surface area contributed by atoms with E-state index < -0.39 is 18.0 Å². The molecule has 0 saturated heterocycles. The van der Waals surface area contributed by atoms with Crippen LogP contribution in [0.5, 0.6) is 0 Å². The van der Waals surface area contributed by atoms with E-state index in [1.165, 1.54) is 7.11 Å². The molecule has 1 heterocycles. The lowest BCUT2D eigenvalue weighted by Gasteiger charge is -2.34. The van der Waals surface area contributed by atoms with Gasteiger partial charge in [-0.3, -0.25) is 19.8 Å². The van der Waals surface area contributed by atoms with Crippen LogP contribution in [-0.4, -0.2) is 49.0 Å². The number of carbonyl (C=O) groups excluding carboxylic acids is 3. The molecule has 7 nitrogen and oxygen atoms in total. The van der Waals surface area contributed by atoms with E-state index in [-0.39, 0.29) is 12.5 Å². The van der Waals surface area contributed by atoms with Crippen molar-refractivity contribution in [1.82, 2.24) is 15.5 Å². The molecule has 1 aromatic carbocycles. The van der Waals surface area contributed by atoms with Crippen molar-refractivity contribution in [3.63, 3.8) is 0 Å². The largest absolute Gasteiger partial charge is 0.468 e. The third kappa shape index (κ3) is 5.56. The Balaban J connectivity index is 1.95. The molecule has 0 aliphatic carbocycles. The maximum Gasteiger partial charge on any atom is 0.323 e. The summed E-state index contributed by atoms with van der Waals surface area (Å²) in [5.74, 6) is -0.353. The fraction of sp³-hybridized carbons (Fsp3) is 0.526. The molecule has 0 unspecified atom stereocenters. The van der Waals surface area contributed by atoms with Gasteiger partial charge in [-0.1, -0.05) is 38.1 Å². The number of methoxy groups -OCH3 is 1. The molecule has 2 N–H and O–H groups in total. The summed E-state index contributed by atoms with van der Waals surface area (Å²) in [6.07, 6.45) is 1.33. The molecule has 3 amide bonds. The first-order valence-electron chi connectivity index (χ1n) is 8.87. The minimum absolute atomic E-state index is 0.0499. The van der Waals surface area contributed by atoms with Crippen molar-refractivity contribution in [3.05, 3.63) is 35.4 Å². The Morgan fingerprint density at radius 1 is 1.23 bits per heavy atom. The summed E-state index contributed by atoms with van der Waals surface area (Å²) in [6, 6.07) is 6.76. The van der Waals surface area contributed by atoms with Crippen LogP contribution in [0.3, 0.4) is 0 Å². The number of carbonyl (C=O) groups is 3. The predicted molar refractivity (Wildman–Crippen MR) is 97.4 cm³/mol. The number of hydrogen-bond acceptors (Lipinski definition) is 5. The number of hydrogen-bond donors (Lipinski definition) is 2. The first-order valence-corrected chi connectivity index (χ1v) is 8.87. The van der Waals surface area contributed by atoms with Crippen LogP contribution in [0.15, 0.2) is 24.3 Å². The number of urea groups is 1. The van der Waals surface area contributed by atoms with Gasteiger partial charge < -0.3 is 10.1 Å². The highest BCUT2D eigenvalue weighted by Gasteiger charge is 2.33. The summed E-state index contributed by atoms with van der Waals surface area (Å²) >= 11 is 0. The average Bonchev–Trinajstić information content (AvgIpc) is 2.60. The smallest absolute Gasteiger partial charge is 0.323 e. The van der Waals surface area contributed by atoms with Gasteiger partial charge in [-0.15, -0.1) is 0 Å². The van der Waals surface area contributed by atoms with Crippen molar-refractivity contribution in [2.24, 2.45) is 5.92 Å². The Kier molecular flexibility index (Phi) is 7.15. The Morgan fingerprint density at radius 2 is 1.92 bits per heavy atom. The summed E-state index contributed by atoms with van der Waals surface area (Å²) < 4.78 is 4.88. The van der Waals surface area contributed by atoms with Crippen molar-refractivity contribution in [3.8, 4) is 0 Å². The summed E-state index contributed by atoms with van der Waals surface area (Å²) in [4.78, 5) is 37.9. The van der Waals surface area contributed by atoms with Crippen LogP contribution in [-0.2, 0) is 27.3 Å². The van der Waals surface area contributed by atoms with Crippen molar-refractivity contribution in [2.75, 3.05) is 20.2 Å². The number of rotatable bonds is 6. The Hall–Kier alpha value is -2.41. The maximum absolute atomic E-state index is 12.2. The molecule has 26 heavy (non-hydrogen) atoms. The fourth-order valence-electron chi connectivity index (χ4n) is 2.98. The summed E-state index contributed by atoms with van der Waals surface area (Å²) in [5.41, 5.74) is 2.15. The Bertz CT molecular complexity index is 660. The van der Waals surface area contributed by atoms with Gasteiger partial charge in [0.05, 0.1) is 13.7 Å². The van der Waals surface area contributed by atoms with E-state index in [9.17, 15) is 14.4 Å². The van der Waals surface area contributed by atoms with E-state index in [1.807, 2.05) is 24.3 Å². The van der Waals surface area contributed by atoms with Crippen LogP contribution >= 0.6 is 0 Å². The van der Waals surface area contributed by atoms with Gasteiger partial charge in [0.15, 0.2) is 0 Å². The lowest BCUT2D eigenvalue weighted by molar-refractivity contribution is -0.148. The number of nitrogens with zero attached hydrogens (tertiary/aromatic N) is 1. The molecule has 0 fully saturated rings. The zero-order valence-electron chi connectivity index (χ0n) is 15.6. The van der Waals surface area contributed by atoms with Gasteiger partial charge in [-0.05, 0) is 29.9 Å². The van der Waals surface area contributed by atoms with E-state index in [0.29, 0.717) is 25.4 Å². The van der Waals surface area contributed by atoms with Gasteiger partial charge in [-0.2, -0.15) is 0 Å². The molecule has 0 radical (unpaired) electrons. The van der Waals surface area contributed by atoms with Crippen molar-refractivity contribution < 1.29 is 19.1 Å². The Labute approximate surface area is 154 Å². The molecule has 0 spiro atoms.